The summed E-state index contributed by atoms with van der Waals surface area (Å²) in [4.78, 5) is 0. The van der Waals surface area contributed by atoms with Crippen molar-refractivity contribution in [1.82, 2.24) is 9.78 Å². The fraction of sp³-hybridized carbons (Fsp3) is 0.625. The Kier molecular flexibility index (Phi) is 1.90. The van der Waals surface area contributed by atoms with Crippen LogP contribution in [-0.4, -0.2) is 21.3 Å². The van der Waals surface area contributed by atoms with Crippen LogP contribution in [0.3, 0.4) is 0 Å². The van der Waals surface area contributed by atoms with Gasteiger partial charge < -0.3 is 0 Å². The van der Waals surface area contributed by atoms with E-state index in [1.807, 2.05) is 18.0 Å². The lowest BCUT2D eigenvalue weighted by Crippen LogP contribution is -2.25. The van der Waals surface area contributed by atoms with Crippen molar-refractivity contribution < 1.29 is 0 Å². The van der Waals surface area contributed by atoms with Gasteiger partial charge in [0, 0.05) is 23.4 Å². The number of rotatable bonds is 2. The molecule has 0 unspecified atom stereocenters. The number of nitrogens with zero attached hydrogens (tertiary/aromatic N) is 2. The van der Waals surface area contributed by atoms with Gasteiger partial charge in [0.1, 0.15) is 0 Å². The van der Waals surface area contributed by atoms with Gasteiger partial charge in [-0.3, -0.25) is 4.68 Å². The smallest absolute Gasteiger partial charge is 0.0702 e. The van der Waals surface area contributed by atoms with E-state index in [-0.39, 0.29) is 0 Å². The van der Waals surface area contributed by atoms with E-state index in [4.69, 9.17) is 0 Å². The molecule has 2 nitrogen and oxygen atoms in total. The highest BCUT2D eigenvalue weighted by Gasteiger charge is 2.21. The zero-order valence-corrected chi connectivity index (χ0v) is 7.47. The summed E-state index contributed by atoms with van der Waals surface area (Å²) < 4.78 is 2.18. The zero-order chi connectivity index (χ0) is 7.68. The minimum Gasteiger partial charge on any atom is -0.265 e. The Labute approximate surface area is 71.0 Å². The monoisotopic (exact) mass is 168 g/mol. The second-order valence-corrected chi connectivity index (χ2v) is 3.89. The third-order valence-corrected chi connectivity index (χ3v) is 3.32. The average Bonchev–Trinajstić information content (AvgIpc) is 2.32. The number of aromatic nitrogens is 2. The third-order valence-electron chi connectivity index (χ3n) is 2.08. The topological polar surface area (TPSA) is 17.8 Å². The van der Waals surface area contributed by atoms with Crippen LogP contribution >= 0.6 is 11.8 Å². The average molecular weight is 168 g/mol. The van der Waals surface area contributed by atoms with Crippen LogP contribution in [0.25, 0.3) is 0 Å². The Balaban J connectivity index is 2.20. The van der Waals surface area contributed by atoms with Crippen LogP contribution in [0.5, 0.6) is 0 Å². The Morgan fingerprint density at radius 2 is 2.55 bits per heavy atom. The predicted octanol–water partition coefficient (Wildman–Crippen LogP) is 1.73. The number of hydrogen-bond donors (Lipinski definition) is 0. The first-order valence-corrected chi connectivity index (χ1v) is 5.17. The van der Waals surface area contributed by atoms with Gasteiger partial charge in [0.05, 0.1) is 6.04 Å². The van der Waals surface area contributed by atoms with E-state index in [0.717, 1.165) is 6.42 Å². The second-order valence-electron chi connectivity index (χ2n) is 2.81. The van der Waals surface area contributed by atoms with E-state index in [9.17, 15) is 0 Å². The maximum atomic E-state index is 4.31. The highest BCUT2D eigenvalue weighted by atomic mass is 32.2. The molecule has 2 rings (SSSR count). The van der Waals surface area contributed by atoms with Crippen molar-refractivity contribution in [2.75, 3.05) is 11.5 Å². The molecule has 1 saturated heterocycles. The minimum absolute atomic E-state index is 0.685. The largest absolute Gasteiger partial charge is 0.265 e. The normalized spacial score (nSPS) is 18.3. The fourth-order valence-corrected chi connectivity index (χ4v) is 2.04. The maximum Gasteiger partial charge on any atom is 0.0702 e. The summed E-state index contributed by atoms with van der Waals surface area (Å²) in [6, 6.07) is 2.80. The van der Waals surface area contributed by atoms with Crippen molar-refractivity contribution in [2.45, 2.75) is 19.4 Å². The molecule has 2 heterocycles. The van der Waals surface area contributed by atoms with Gasteiger partial charge >= 0.3 is 0 Å². The number of hydrogen-bond acceptors (Lipinski definition) is 2. The molecule has 1 fully saturated rings. The van der Waals surface area contributed by atoms with Gasteiger partial charge in [-0.25, -0.2) is 0 Å². The molecule has 60 valence electrons. The zero-order valence-electron chi connectivity index (χ0n) is 6.66. The molecule has 0 spiro atoms. The van der Waals surface area contributed by atoms with Crippen molar-refractivity contribution in [1.29, 1.82) is 0 Å². The van der Waals surface area contributed by atoms with Crippen molar-refractivity contribution >= 4 is 11.8 Å². The molecule has 0 bridgehead atoms. The Morgan fingerprint density at radius 3 is 3.09 bits per heavy atom. The quantitative estimate of drug-likeness (QED) is 0.669. The lowest BCUT2D eigenvalue weighted by atomic mass is 10.3. The van der Waals surface area contributed by atoms with Crippen LogP contribution in [0.15, 0.2) is 12.3 Å². The fourth-order valence-electron chi connectivity index (χ4n) is 1.31. The molecule has 0 atom stereocenters. The van der Waals surface area contributed by atoms with E-state index >= 15 is 0 Å². The van der Waals surface area contributed by atoms with Crippen molar-refractivity contribution in [3.63, 3.8) is 0 Å². The Hall–Kier alpha value is -0.440. The summed E-state index contributed by atoms with van der Waals surface area (Å²) in [6.45, 7) is 2.18. The van der Waals surface area contributed by atoms with Crippen molar-refractivity contribution in [2.24, 2.45) is 0 Å². The molecule has 11 heavy (non-hydrogen) atoms. The number of aryl methyl sites for hydroxylation is 1. The molecule has 0 aromatic carbocycles. The summed E-state index contributed by atoms with van der Waals surface area (Å²) in [7, 11) is 0. The number of thioether (sulfide) groups is 1. The first-order chi connectivity index (χ1) is 5.42. The van der Waals surface area contributed by atoms with E-state index in [1.165, 1.54) is 17.2 Å². The molecule has 1 aromatic heterocycles. The van der Waals surface area contributed by atoms with Gasteiger partial charge in [0.2, 0.25) is 0 Å². The van der Waals surface area contributed by atoms with E-state index in [1.54, 1.807) is 0 Å². The van der Waals surface area contributed by atoms with Crippen LogP contribution in [0.1, 0.15) is 18.7 Å². The molecule has 1 aliphatic heterocycles. The summed E-state index contributed by atoms with van der Waals surface area (Å²) in [6.07, 6.45) is 3.00. The highest BCUT2D eigenvalue weighted by molar-refractivity contribution is 8.00. The second kappa shape index (κ2) is 2.89. The third kappa shape index (κ3) is 1.18. The van der Waals surface area contributed by atoms with Crippen LogP contribution in [-0.2, 0) is 6.42 Å². The van der Waals surface area contributed by atoms with Crippen molar-refractivity contribution in [3.05, 3.63) is 18.0 Å². The summed E-state index contributed by atoms with van der Waals surface area (Å²) in [5, 5.41) is 4.31. The van der Waals surface area contributed by atoms with Crippen LogP contribution < -0.4 is 0 Å². The molecular weight excluding hydrogens is 156 g/mol. The summed E-state index contributed by atoms with van der Waals surface area (Å²) in [5.74, 6) is 2.49. The standard InChI is InChI=1S/C8H12N2S/c1-2-7-3-4-9-10(7)8-5-11-6-8/h3-4,8H,2,5-6H2,1H3. The highest BCUT2D eigenvalue weighted by Crippen LogP contribution is 2.29. The molecule has 3 heteroatoms. The van der Waals surface area contributed by atoms with Gasteiger partial charge in [-0.05, 0) is 12.5 Å². The molecule has 1 aromatic rings. The van der Waals surface area contributed by atoms with Gasteiger partial charge in [0.25, 0.3) is 0 Å². The van der Waals surface area contributed by atoms with E-state index < -0.39 is 0 Å². The SMILES string of the molecule is CCc1ccnn1C1CSC1. The van der Waals surface area contributed by atoms with Gasteiger partial charge in [0.15, 0.2) is 0 Å². The molecule has 0 amide bonds. The molecule has 0 aliphatic carbocycles. The van der Waals surface area contributed by atoms with E-state index in [0.29, 0.717) is 6.04 Å². The lowest BCUT2D eigenvalue weighted by molar-refractivity contribution is 0.506. The molecule has 0 saturated carbocycles. The summed E-state index contributed by atoms with van der Waals surface area (Å²) >= 11 is 2.00. The Bertz CT molecular complexity index is 240. The van der Waals surface area contributed by atoms with Crippen LogP contribution in [0.4, 0.5) is 0 Å². The molecular formula is C8H12N2S. The minimum atomic E-state index is 0.685. The Morgan fingerprint density at radius 1 is 1.73 bits per heavy atom. The molecule has 0 N–H and O–H groups in total. The lowest BCUT2D eigenvalue weighted by Gasteiger charge is -2.26. The first-order valence-electron chi connectivity index (χ1n) is 4.02. The van der Waals surface area contributed by atoms with E-state index in [2.05, 4.69) is 22.8 Å². The predicted molar refractivity (Wildman–Crippen MR) is 48.0 cm³/mol. The summed E-state index contributed by atoms with van der Waals surface area (Å²) in [5.41, 5.74) is 1.37. The maximum absolute atomic E-state index is 4.31. The van der Waals surface area contributed by atoms with Gasteiger partial charge in [-0.1, -0.05) is 6.92 Å². The first kappa shape index (κ1) is 7.22. The van der Waals surface area contributed by atoms with Crippen molar-refractivity contribution in [3.8, 4) is 0 Å². The van der Waals surface area contributed by atoms with Crippen LogP contribution in [0, 0.1) is 0 Å². The van der Waals surface area contributed by atoms with Gasteiger partial charge in [-0.15, -0.1) is 0 Å². The molecule has 0 radical (unpaired) electrons. The van der Waals surface area contributed by atoms with Crippen LogP contribution in [0.2, 0.25) is 0 Å². The molecule has 1 aliphatic rings. The van der Waals surface area contributed by atoms with Gasteiger partial charge in [-0.2, -0.15) is 16.9 Å².